The Bertz CT molecular complexity index is 762. The Hall–Kier alpha value is -2.25. The van der Waals surface area contributed by atoms with Gasteiger partial charge < -0.3 is 9.47 Å². The number of carbonyl (C=O) groups excluding carboxylic acids is 1. The Morgan fingerprint density at radius 3 is 2.46 bits per heavy atom. The molecule has 0 bridgehead atoms. The molecule has 2 aromatic heterocycles. The first kappa shape index (κ1) is 17.2. The smallest absolute Gasteiger partial charge is 0.227 e. The number of nitrogens with zero attached hydrogens (tertiary/aromatic N) is 7. The van der Waals surface area contributed by atoms with Gasteiger partial charge >= 0.3 is 0 Å². The molecule has 4 rings (SSSR count). The van der Waals surface area contributed by atoms with Crippen molar-refractivity contribution in [1.29, 1.82) is 0 Å². The normalized spacial score (nSPS) is 19.1. The minimum Gasteiger partial charge on any atom is -0.342 e. The second kappa shape index (κ2) is 6.48. The molecule has 0 unspecified atom stereocenters. The molecule has 3 heterocycles. The van der Waals surface area contributed by atoms with Crippen molar-refractivity contribution in [3.05, 3.63) is 24.3 Å². The first-order valence-corrected chi connectivity index (χ1v) is 9.49. The predicted molar refractivity (Wildman–Crippen MR) is 95.4 cm³/mol. The molecule has 2 aliphatic rings. The highest BCUT2D eigenvalue weighted by Gasteiger charge is 2.35. The van der Waals surface area contributed by atoms with Crippen LogP contribution in [0, 0.1) is 5.41 Å². The van der Waals surface area contributed by atoms with Crippen LogP contribution in [0.3, 0.4) is 0 Å². The molecule has 0 N–H and O–H groups in total. The highest BCUT2D eigenvalue weighted by atomic mass is 16.2. The average molecular weight is 357 g/mol. The van der Waals surface area contributed by atoms with Gasteiger partial charge in [0.05, 0.1) is 0 Å². The van der Waals surface area contributed by atoms with E-state index in [4.69, 9.17) is 0 Å². The minimum atomic E-state index is -0.314. The largest absolute Gasteiger partial charge is 0.342 e. The fourth-order valence-electron chi connectivity index (χ4n) is 3.73. The number of hydrogen-bond acceptors (Lipinski definition) is 5. The van der Waals surface area contributed by atoms with Crippen LogP contribution >= 0.6 is 0 Å². The molecule has 1 saturated carbocycles. The Balaban J connectivity index is 1.49. The molecule has 0 radical (unpaired) electrons. The molecule has 0 spiro atoms. The average Bonchev–Trinajstić information content (AvgIpc) is 3.15. The molecule has 1 aliphatic carbocycles. The van der Waals surface area contributed by atoms with Crippen LogP contribution in [0.5, 0.6) is 0 Å². The van der Waals surface area contributed by atoms with E-state index in [-0.39, 0.29) is 11.3 Å². The molecular weight excluding hydrogens is 330 g/mol. The summed E-state index contributed by atoms with van der Waals surface area (Å²) >= 11 is 0. The minimum absolute atomic E-state index is 0.242. The standard InChI is InChI=1S/C18H27N7O/c1-18(2,3)17(26)23-8-6-13(7-9-23)16-22-21-15(25(16)14-4-5-14)10-24-12-19-11-20-24/h11-14H,4-10H2,1-3H3. The molecule has 0 aromatic carbocycles. The van der Waals surface area contributed by atoms with Crippen molar-refractivity contribution in [3.63, 3.8) is 0 Å². The maximum Gasteiger partial charge on any atom is 0.227 e. The van der Waals surface area contributed by atoms with Crippen LogP contribution in [0.4, 0.5) is 0 Å². The lowest BCUT2D eigenvalue weighted by atomic mass is 9.90. The molecule has 2 aromatic rings. The predicted octanol–water partition coefficient (Wildman–Crippen LogP) is 2.00. The van der Waals surface area contributed by atoms with Crippen LogP contribution in [0.1, 0.15) is 70.1 Å². The summed E-state index contributed by atoms with van der Waals surface area (Å²) in [5.41, 5.74) is -0.314. The lowest BCUT2D eigenvalue weighted by Crippen LogP contribution is -2.44. The summed E-state index contributed by atoms with van der Waals surface area (Å²) in [5, 5.41) is 13.2. The number of amides is 1. The zero-order valence-electron chi connectivity index (χ0n) is 15.8. The maximum absolute atomic E-state index is 12.5. The number of likely N-dealkylation sites (tertiary alicyclic amines) is 1. The molecule has 26 heavy (non-hydrogen) atoms. The van der Waals surface area contributed by atoms with Gasteiger partial charge in [-0.15, -0.1) is 10.2 Å². The molecule has 140 valence electrons. The quantitative estimate of drug-likeness (QED) is 0.836. The molecule has 1 aliphatic heterocycles. The maximum atomic E-state index is 12.5. The third-order valence-electron chi connectivity index (χ3n) is 5.26. The van der Waals surface area contributed by atoms with E-state index in [1.54, 1.807) is 17.3 Å². The molecule has 8 nitrogen and oxygen atoms in total. The van der Waals surface area contributed by atoms with Crippen molar-refractivity contribution < 1.29 is 4.79 Å². The molecule has 2 fully saturated rings. The van der Waals surface area contributed by atoms with Gasteiger partial charge in [-0.05, 0) is 25.7 Å². The van der Waals surface area contributed by atoms with Crippen molar-refractivity contribution in [2.75, 3.05) is 13.1 Å². The van der Waals surface area contributed by atoms with E-state index >= 15 is 0 Å². The lowest BCUT2D eigenvalue weighted by molar-refractivity contribution is -0.140. The van der Waals surface area contributed by atoms with Crippen molar-refractivity contribution in [2.45, 2.75) is 65.0 Å². The number of hydrogen-bond donors (Lipinski definition) is 0. The van der Waals surface area contributed by atoms with Crippen molar-refractivity contribution in [1.82, 2.24) is 34.4 Å². The zero-order chi connectivity index (χ0) is 18.3. The van der Waals surface area contributed by atoms with E-state index in [1.807, 2.05) is 25.7 Å². The third kappa shape index (κ3) is 3.37. The zero-order valence-corrected chi connectivity index (χ0v) is 15.8. The summed E-state index contributed by atoms with van der Waals surface area (Å²) < 4.78 is 4.12. The van der Waals surface area contributed by atoms with E-state index in [2.05, 4.69) is 24.8 Å². The SMILES string of the molecule is CC(C)(C)C(=O)N1CCC(c2nnc(Cn3cncn3)n2C2CC2)CC1. The first-order valence-electron chi connectivity index (χ1n) is 9.49. The summed E-state index contributed by atoms with van der Waals surface area (Å²) in [4.78, 5) is 18.5. The number of rotatable bonds is 4. The number of aromatic nitrogens is 6. The van der Waals surface area contributed by atoms with Gasteiger partial charge in [0, 0.05) is 30.5 Å². The monoisotopic (exact) mass is 357 g/mol. The van der Waals surface area contributed by atoms with Gasteiger partial charge in [-0.25, -0.2) is 9.67 Å². The topological polar surface area (TPSA) is 81.7 Å². The van der Waals surface area contributed by atoms with E-state index in [1.165, 1.54) is 12.8 Å². The first-order chi connectivity index (χ1) is 12.4. The van der Waals surface area contributed by atoms with Crippen LogP contribution < -0.4 is 0 Å². The fraction of sp³-hybridized carbons (Fsp3) is 0.722. The van der Waals surface area contributed by atoms with Crippen molar-refractivity contribution in [3.8, 4) is 0 Å². The third-order valence-corrected chi connectivity index (χ3v) is 5.26. The Labute approximate surface area is 153 Å². The van der Waals surface area contributed by atoms with E-state index in [0.29, 0.717) is 18.5 Å². The summed E-state index contributed by atoms with van der Waals surface area (Å²) in [6.45, 7) is 8.17. The van der Waals surface area contributed by atoms with Crippen LogP contribution in [0.15, 0.2) is 12.7 Å². The van der Waals surface area contributed by atoms with Crippen molar-refractivity contribution in [2.24, 2.45) is 5.41 Å². The van der Waals surface area contributed by atoms with Crippen LogP contribution in [0.2, 0.25) is 0 Å². The van der Waals surface area contributed by atoms with Crippen LogP contribution in [0.25, 0.3) is 0 Å². The van der Waals surface area contributed by atoms with Gasteiger partial charge in [0.15, 0.2) is 5.82 Å². The summed E-state index contributed by atoms with van der Waals surface area (Å²) in [6, 6.07) is 0.521. The van der Waals surface area contributed by atoms with Gasteiger partial charge in [0.25, 0.3) is 0 Å². The van der Waals surface area contributed by atoms with Gasteiger partial charge in [0.1, 0.15) is 25.0 Å². The summed E-state index contributed by atoms with van der Waals surface area (Å²) in [7, 11) is 0. The summed E-state index contributed by atoms with van der Waals surface area (Å²) in [6.07, 6.45) is 7.54. The second-order valence-corrected chi connectivity index (χ2v) is 8.49. The number of carbonyl (C=O) groups is 1. The number of piperidine rings is 1. The van der Waals surface area contributed by atoms with Crippen LogP contribution in [-0.2, 0) is 11.3 Å². The van der Waals surface area contributed by atoms with E-state index in [9.17, 15) is 4.79 Å². The van der Waals surface area contributed by atoms with E-state index < -0.39 is 0 Å². The highest BCUT2D eigenvalue weighted by Crippen LogP contribution is 2.40. The second-order valence-electron chi connectivity index (χ2n) is 8.49. The Morgan fingerprint density at radius 1 is 1.15 bits per heavy atom. The molecule has 0 atom stereocenters. The molecule has 1 amide bonds. The fourth-order valence-corrected chi connectivity index (χ4v) is 3.73. The Morgan fingerprint density at radius 2 is 1.88 bits per heavy atom. The molecular formula is C18H27N7O. The summed E-state index contributed by atoms with van der Waals surface area (Å²) in [5.74, 6) is 2.66. The van der Waals surface area contributed by atoms with Gasteiger partial charge in [-0.1, -0.05) is 20.8 Å². The lowest BCUT2D eigenvalue weighted by Gasteiger charge is -2.35. The van der Waals surface area contributed by atoms with Crippen molar-refractivity contribution >= 4 is 5.91 Å². The van der Waals surface area contributed by atoms with Crippen LogP contribution in [-0.4, -0.2) is 53.4 Å². The van der Waals surface area contributed by atoms with E-state index in [0.717, 1.165) is 37.6 Å². The molecule has 1 saturated heterocycles. The van der Waals surface area contributed by atoms with Gasteiger partial charge in [0.2, 0.25) is 5.91 Å². The van der Waals surface area contributed by atoms with Gasteiger partial charge in [-0.3, -0.25) is 4.79 Å². The Kier molecular flexibility index (Phi) is 4.28. The highest BCUT2D eigenvalue weighted by molar-refractivity contribution is 5.81. The van der Waals surface area contributed by atoms with Gasteiger partial charge in [-0.2, -0.15) is 5.10 Å². The molecule has 8 heteroatoms.